The van der Waals surface area contributed by atoms with E-state index in [4.69, 9.17) is 0 Å². The van der Waals surface area contributed by atoms with Crippen LogP contribution in [0, 0.1) is 6.08 Å². The van der Waals surface area contributed by atoms with E-state index in [2.05, 4.69) is 18.0 Å². The fourth-order valence-corrected chi connectivity index (χ4v) is 1.63. The summed E-state index contributed by atoms with van der Waals surface area (Å²) in [6.45, 7) is 3.65. The van der Waals surface area contributed by atoms with Crippen LogP contribution in [0.1, 0.15) is 25.7 Å². The average Bonchev–Trinajstić information content (AvgIpc) is 2.44. The zero-order valence-electron chi connectivity index (χ0n) is 5.61. The summed E-state index contributed by atoms with van der Waals surface area (Å²) in [5.74, 6) is 0. The zero-order valence-corrected chi connectivity index (χ0v) is 5.61. The third-order valence-electron chi connectivity index (χ3n) is 2.49. The summed E-state index contributed by atoms with van der Waals surface area (Å²) in [7, 11) is 0. The monoisotopic (exact) mass is 122 g/mol. The highest BCUT2D eigenvalue weighted by Gasteiger charge is 2.47. The van der Waals surface area contributed by atoms with E-state index in [0.29, 0.717) is 11.6 Å². The number of nitrogens with one attached hydrogen (secondary N) is 1. The van der Waals surface area contributed by atoms with Crippen LogP contribution in [-0.2, 0) is 0 Å². The first-order valence-corrected chi connectivity index (χ1v) is 3.65. The predicted molar refractivity (Wildman–Crippen MR) is 37.0 cm³/mol. The van der Waals surface area contributed by atoms with Gasteiger partial charge in [0.1, 0.15) is 0 Å². The summed E-state index contributed by atoms with van der Waals surface area (Å²) in [4.78, 5) is 0. The molecule has 2 aliphatic rings. The fraction of sp³-hybridized carbons (Fsp3) is 0.750. The lowest BCUT2D eigenvalue weighted by Crippen LogP contribution is -2.29. The quantitative estimate of drug-likeness (QED) is 0.552. The smallest absolute Gasteiger partial charge is 0.0323 e. The molecule has 0 aromatic rings. The molecule has 1 radical (unpaired) electrons. The summed E-state index contributed by atoms with van der Waals surface area (Å²) < 4.78 is 0. The van der Waals surface area contributed by atoms with Crippen molar-refractivity contribution in [3.05, 3.63) is 12.7 Å². The zero-order chi connectivity index (χ0) is 6.32. The summed E-state index contributed by atoms with van der Waals surface area (Å²) in [6.07, 6.45) is 8.36. The van der Waals surface area contributed by atoms with Gasteiger partial charge in [-0.05, 0) is 31.8 Å². The minimum absolute atomic E-state index is 0.493. The first kappa shape index (κ1) is 5.48. The molecule has 1 aliphatic heterocycles. The van der Waals surface area contributed by atoms with Crippen LogP contribution in [0.5, 0.6) is 0 Å². The van der Waals surface area contributed by atoms with Gasteiger partial charge in [0.2, 0.25) is 0 Å². The van der Waals surface area contributed by atoms with Crippen molar-refractivity contribution in [3.8, 4) is 0 Å². The molecule has 1 aliphatic carbocycles. The highest BCUT2D eigenvalue weighted by molar-refractivity contribution is 5.09. The van der Waals surface area contributed by atoms with Crippen molar-refractivity contribution < 1.29 is 0 Å². The van der Waals surface area contributed by atoms with E-state index >= 15 is 0 Å². The summed E-state index contributed by atoms with van der Waals surface area (Å²) in [5, 5.41) is 3.52. The van der Waals surface area contributed by atoms with E-state index in [1.807, 2.05) is 0 Å². The van der Waals surface area contributed by atoms with Crippen molar-refractivity contribution in [1.29, 1.82) is 0 Å². The van der Waals surface area contributed by atoms with E-state index in [1.54, 1.807) is 0 Å². The van der Waals surface area contributed by atoms with Gasteiger partial charge in [0.25, 0.3) is 0 Å². The molecule has 1 heterocycles. The van der Waals surface area contributed by atoms with Gasteiger partial charge < -0.3 is 5.32 Å². The van der Waals surface area contributed by atoms with Crippen molar-refractivity contribution in [2.45, 2.75) is 37.3 Å². The normalized spacial score (nSPS) is 37.1. The van der Waals surface area contributed by atoms with Gasteiger partial charge in [-0.3, -0.25) is 0 Å². The van der Waals surface area contributed by atoms with Gasteiger partial charge in [0, 0.05) is 11.6 Å². The fourth-order valence-electron chi connectivity index (χ4n) is 1.63. The molecule has 0 aromatic carbocycles. The highest BCUT2D eigenvalue weighted by Crippen LogP contribution is 2.44. The Bertz CT molecular complexity index is 136. The van der Waals surface area contributed by atoms with Gasteiger partial charge in [-0.1, -0.05) is 6.58 Å². The molecule has 49 valence electrons. The molecule has 1 saturated heterocycles. The molecular weight excluding hydrogens is 110 g/mol. The van der Waals surface area contributed by atoms with Crippen molar-refractivity contribution >= 4 is 0 Å². The number of hydrogen-bond acceptors (Lipinski definition) is 1. The van der Waals surface area contributed by atoms with Crippen LogP contribution in [-0.4, -0.2) is 11.6 Å². The summed E-state index contributed by atoms with van der Waals surface area (Å²) in [5.41, 5.74) is 0.565. The number of hydrogen-bond donors (Lipinski definition) is 1. The third kappa shape index (κ3) is 0.799. The molecule has 1 heteroatoms. The van der Waals surface area contributed by atoms with Gasteiger partial charge in [-0.2, -0.15) is 0 Å². The third-order valence-corrected chi connectivity index (χ3v) is 2.49. The lowest BCUT2D eigenvalue weighted by molar-refractivity contribution is 0.569. The molecule has 1 spiro atoms. The maximum atomic E-state index is 3.65. The Morgan fingerprint density at radius 3 is 2.56 bits per heavy atom. The van der Waals surface area contributed by atoms with Crippen molar-refractivity contribution in [3.63, 3.8) is 0 Å². The van der Waals surface area contributed by atoms with Crippen LogP contribution in [0.15, 0.2) is 6.58 Å². The molecule has 0 bridgehead atoms. The second-order valence-electron chi connectivity index (χ2n) is 3.22. The minimum Gasteiger partial charge on any atom is -0.304 e. The minimum atomic E-state index is 0.493. The summed E-state index contributed by atoms with van der Waals surface area (Å²) in [6, 6.07) is 0.493. The lowest BCUT2D eigenvalue weighted by Gasteiger charge is -2.06. The van der Waals surface area contributed by atoms with Crippen LogP contribution >= 0.6 is 0 Å². The lowest BCUT2D eigenvalue weighted by atomic mass is 10.2. The van der Waals surface area contributed by atoms with Crippen LogP contribution in [0.2, 0.25) is 0 Å². The molecule has 2 fully saturated rings. The molecule has 1 atom stereocenters. The Hall–Kier alpha value is -0.300. The second-order valence-corrected chi connectivity index (χ2v) is 3.22. The van der Waals surface area contributed by atoms with Gasteiger partial charge in [-0.15, -0.1) is 0 Å². The van der Waals surface area contributed by atoms with Crippen LogP contribution in [0.4, 0.5) is 0 Å². The molecule has 9 heavy (non-hydrogen) atoms. The second kappa shape index (κ2) is 1.60. The van der Waals surface area contributed by atoms with E-state index in [9.17, 15) is 0 Å². The first-order chi connectivity index (χ1) is 4.35. The van der Waals surface area contributed by atoms with Crippen LogP contribution in [0.25, 0.3) is 0 Å². The Kier molecular flexibility index (Phi) is 0.974. The Morgan fingerprint density at radius 1 is 1.44 bits per heavy atom. The first-order valence-electron chi connectivity index (χ1n) is 3.65. The average molecular weight is 122 g/mol. The van der Waals surface area contributed by atoms with Gasteiger partial charge in [0.15, 0.2) is 0 Å². The molecule has 0 aromatic heterocycles. The number of rotatable bonds is 1. The Labute approximate surface area is 56.1 Å². The molecular formula is C8H12N. The topological polar surface area (TPSA) is 12.0 Å². The highest BCUT2D eigenvalue weighted by atomic mass is 15.1. The molecule has 1 unspecified atom stereocenters. The standard InChI is InChI=1S/C8H12N/c1-2-7-3-4-8(9-7)5-6-8/h7,9H,1,3-6H2. The van der Waals surface area contributed by atoms with E-state index in [1.165, 1.54) is 25.7 Å². The van der Waals surface area contributed by atoms with Gasteiger partial charge in [-0.25, -0.2) is 0 Å². The van der Waals surface area contributed by atoms with E-state index in [-0.39, 0.29) is 0 Å². The maximum absolute atomic E-state index is 3.65. The Balaban J connectivity index is 2.00. The van der Waals surface area contributed by atoms with Crippen LogP contribution in [0.3, 0.4) is 0 Å². The van der Waals surface area contributed by atoms with Crippen molar-refractivity contribution in [2.75, 3.05) is 0 Å². The van der Waals surface area contributed by atoms with Gasteiger partial charge in [0.05, 0.1) is 0 Å². The van der Waals surface area contributed by atoms with Crippen molar-refractivity contribution in [2.24, 2.45) is 0 Å². The molecule has 1 N–H and O–H groups in total. The van der Waals surface area contributed by atoms with Crippen LogP contribution < -0.4 is 5.32 Å². The maximum Gasteiger partial charge on any atom is 0.0323 e. The largest absolute Gasteiger partial charge is 0.304 e. The predicted octanol–water partition coefficient (Wildman–Crippen LogP) is 1.26. The molecule has 1 saturated carbocycles. The Morgan fingerprint density at radius 2 is 2.22 bits per heavy atom. The summed E-state index contributed by atoms with van der Waals surface area (Å²) >= 11 is 0. The van der Waals surface area contributed by atoms with E-state index in [0.717, 1.165) is 0 Å². The van der Waals surface area contributed by atoms with Crippen molar-refractivity contribution in [1.82, 2.24) is 5.32 Å². The molecule has 2 rings (SSSR count). The van der Waals surface area contributed by atoms with E-state index < -0.39 is 0 Å². The van der Waals surface area contributed by atoms with Gasteiger partial charge >= 0.3 is 0 Å². The SMILES string of the molecule is C=[C]C1CCC2(CC2)N1. The molecule has 0 amide bonds. The molecule has 1 nitrogen and oxygen atoms in total.